The number of carboxylic acids is 1. The minimum absolute atomic E-state index is 0.217. The first kappa shape index (κ1) is 20.0. The van der Waals surface area contributed by atoms with Gasteiger partial charge in [0.2, 0.25) is 0 Å². The summed E-state index contributed by atoms with van der Waals surface area (Å²) in [4.78, 5) is 11.2. The van der Waals surface area contributed by atoms with E-state index in [4.69, 9.17) is 9.84 Å². The Balaban J connectivity index is 2.26. The van der Waals surface area contributed by atoms with Gasteiger partial charge in [-0.15, -0.1) is 0 Å². The summed E-state index contributed by atoms with van der Waals surface area (Å²) in [7, 11) is 1.64. The van der Waals surface area contributed by atoms with Crippen LogP contribution in [0.5, 0.6) is 17.2 Å². The van der Waals surface area contributed by atoms with Crippen LogP contribution in [0, 0.1) is 10.7 Å². The second-order valence-electron chi connectivity index (χ2n) is 4.99. The molecule has 1 atom stereocenters. The Labute approximate surface area is 180 Å². The molecule has 0 saturated heterocycles. The Morgan fingerprint density at radius 1 is 1.17 bits per heavy atom. The fourth-order valence-corrected chi connectivity index (χ4v) is 4.65. The molecule has 0 radical (unpaired) electrons. The molecule has 0 aromatic heterocycles. The Bertz CT molecular complexity index is 744. The summed E-state index contributed by atoms with van der Waals surface area (Å²) in [5.41, 5.74) is 0.929. The van der Waals surface area contributed by atoms with Gasteiger partial charge in [-0.25, -0.2) is 0 Å². The Hall–Kier alpha value is -0.340. The summed E-state index contributed by atoms with van der Waals surface area (Å²) in [6.07, 6.45) is 0.398. The highest BCUT2D eigenvalue weighted by Gasteiger charge is 2.18. The van der Waals surface area contributed by atoms with E-state index in [2.05, 4.69) is 50.5 Å². The molecule has 0 fully saturated rings. The number of aliphatic carboxylic acids is 1. The zero-order valence-corrected chi connectivity index (χ0v) is 19.0. The van der Waals surface area contributed by atoms with Crippen LogP contribution in [-0.4, -0.2) is 29.3 Å². The SMILES string of the molecule is CN[C@@H](Cc1cc(I)c(Oc2ccc(O)c(I)c2)c(I)c1)C(=O)O. The van der Waals surface area contributed by atoms with E-state index >= 15 is 0 Å². The summed E-state index contributed by atoms with van der Waals surface area (Å²) >= 11 is 6.40. The Morgan fingerprint density at radius 2 is 1.79 bits per heavy atom. The van der Waals surface area contributed by atoms with Crippen LogP contribution in [0.4, 0.5) is 0 Å². The maximum atomic E-state index is 11.2. The molecule has 5 nitrogen and oxygen atoms in total. The van der Waals surface area contributed by atoms with Crippen LogP contribution >= 0.6 is 67.8 Å². The van der Waals surface area contributed by atoms with Crippen molar-refractivity contribution in [3.63, 3.8) is 0 Å². The highest BCUT2D eigenvalue weighted by atomic mass is 127. The number of benzene rings is 2. The fraction of sp³-hybridized carbons (Fsp3) is 0.188. The number of aromatic hydroxyl groups is 1. The zero-order valence-electron chi connectivity index (χ0n) is 12.5. The molecule has 2 aromatic rings. The van der Waals surface area contributed by atoms with E-state index in [1.54, 1.807) is 25.2 Å². The van der Waals surface area contributed by atoms with Crippen molar-refractivity contribution in [1.29, 1.82) is 0 Å². The molecule has 3 N–H and O–H groups in total. The number of ether oxygens (including phenoxy) is 1. The van der Waals surface area contributed by atoms with Gasteiger partial charge >= 0.3 is 5.97 Å². The average molecular weight is 665 g/mol. The van der Waals surface area contributed by atoms with Gasteiger partial charge in [-0.3, -0.25) is 4.79 Å². The molecule has 2 rings (SSSR count). The number of likely N-dealkylation sites (N-methyl/N-ethyl adjacent to an activating group) is 1. The molecule has 0 saturated carbocycles. The monoisotopic (exact) mass is 665 g/mol. The maximum Gasteiger partial charge on any atom is 0.321 e. The average Bonchev–Trinajstić information content (AvgIpc) is 2.51. The van der Waals surface area contributed by atoms with Gasteiger partial charge in [0.15, 0.2) is 5.75 Å². The number of phenolic OH excluding ortho intramolecular Hbond substituents is 1. The lowest BCUT2D eigenvalue weighted by Crippen LogP contribution is -2.35. The molecule has 0 unspecified atom stereocenters. The zero-order chi connectivity index (χ0) is 17.9. The van der Waals surface area contributed by atoms with Crippen LogP contribution in [0.15, 0.2) is 30.3 Å². The Morgan fingerprint density at radius 3 is 2.29 bits per heavy atom. The standard InChI is InChI=1S/C16H14I3NO4/c1-20-13(16(22)23)6-8-4-11(18)15(12(19)5-8)24-9-2-3-14(21)10(17)7-9/h2-5,7,13,20-21H,6H2,1H3,(H,22,23)/t13-/m0/s1. The topological polar surface area (TPSA) is 78.8 Å². The number of rotatable bonds is 6. The first-order valence-corrected chi connectivity index (χ1v) is 10.1. The molecule has 0 aliphatic rings. The van der Waals surface area contributed by atoms with Crippen molar-refractivity contribution in [3.8, 4) is 17.2 Å². The van der Waals surface area contributed by atoms with Gasteiger partial charge in [-0.1, -0.05) is 0 Å². The predicted octanol–water partition coefficient (Wildman–Crippen LogP) is 4.21. The van der Waals surface area contributed by atoms with E-state index in [-0.39, 0.29) is 5.75 Å². The predicted molar refractivity (Wildman–Crippen MR) is 117 cm³/mol. The van der Waals surface area contributed by atoms with Crippen LogP contribution in [0.2, 0.25) is 0 Å². The van der Waals surface area contributed by atoms with E-state index < -0.39 is 12.0 Å². The molecule has 0 aliphatic heterocycles. The maximum absolute atomic E-state index is 11.2. The third-order valence-electron chi connectivity index (χ3n) is 3.28. The molecule has 0 bridgehead atoms. The molecular formula is C16H14I3NO4. The van der Waals surface area contributed by atoms with Crippen molar-refractivity contribution >= 4 is 73.7 Å². The molecule has 0 amide bonds. The van der Waals surface area contributed by atoms with Gasteiger partial charge in [0.05, 0.1) is 10.7 Å². The van der Waals surface area contributed by atoms with Crippen LogP contribution in [-0.2, 0) is 11.2 Å². The van der Waals surface area contributed by atoms with Crippen LogP contribution in [0.25, 0.3) is 0 Å². The van der Waals surface area contributed by atoms with Crippen molar-refractivity contribution in [1.82, 2.24) is 5.32 Å². The van der Waals surface area contributed by atoms with E-state index in [0.29, 0.717) is 15.7 Å². The molecule has 128 valence electrons. The van der Waals surface area contributed by atoms with Crippen LogP contribution in [0.3, 0.4) is 0 Å². The van der Waals surface area contributed by atoms with Crippen molar-refractivity contribution in [2.24, 2.45) is 0 Å². The number of carboxylic acid groups (broad SMARTS) is 1. The summed E-state index contributed by atoms with van der Waals surface area (Å²) < 4.78 is 8.46. The quantitative estimate of drug-likeness (QED) is 0.404. The van der Waals surface area contributed by atoms with Crippen molar-refractivity contribution < 1.29 is 19.7 Å². The highest BCUT2D eigenvalue weighted by Crippen LogP contribution is 2.34. The van der Waals surface area contributed by atoms with E-state index in [1.807, 2.05) is 34.7 Å². The third kappa shape index (κ3) is 5.08. The number of hydrogen-bond acceptors (Lipinski definition) is 4. The van der Waals surface area contributed by atoms with Gasteiger partial charge in [0.1, 0.15) is 17.5 Å². The number of hydrogen-bond donors (Lipinski definition) is 3. The van der Waals surface area contributed by atoms with Crippen molar-refractivity contribution in [2.45, 2.75) is 12.5 Å². The minimum Gasteiger partial charge on any atom is -0.507 e. The van der Waals surface area contributed by atoms with Crippen molar-refractivity contribution in [2.75, 3.05) is 7.05 Å². The lowest BCUT2D eigenvalue weighted by molar-refractivity contribution is -0.139. The minimum atomic E-state index is -0.874. The second kappa shape index (κ2) is 8.85. The summed E-state index contributed by atoms with van der Waals surface area (Å²) in [6, 6.07) is 8.29. The fourth-order valence-electron chi connectivity index (χ4n) is 2.05. The van der Waals surface area contributed by atoms with Crippen molar-refractivity contribution in [3.05, 3.63) is 46.6 Å². The number of phenols is 1. The molecule has 8 heteroatoms. The molecule has 0 spiro atoms. The molecule has 0 heterocycles. The number of halogens is 3. The lowest BCUT2D eigenvalue weighted by Gasteiger charge is -2.15. The Kier molecular flexibility index (Phi) is 7.37. The molecular weight excluding hydrogens is 651 g/mol. The summed E-state index contributed by atoms with van der Waals surface area (Å²) in [5.74, 6) is 0.702. The van der Waals surface area contributed by atoms with E-state index in [9.17, 15) is 9.90 Å². The lowest BCUT2D eigenvalue weighted by atomic mass is 10.1. The molecule has 24 heavy (non-hydrogen) atoms. The molecule has 0 aliphatic carbocycles. The van der Waals surface area contributed by atoms with Gasteiger partial charge in [0, 0.05) is 0 Å². The summed E-state index contributed by atoms with van der Waals surface area (Å²) in [6.45, 7) is 0. The van der Waals surface area contributed by atoms with Gasteiger partial charge < -0.3 is 20.3 Å². The first-order valence-electron chi connectivity index (χ1n) is 6.86. The third-order valence-corrected chi connectivity index (χ3v) is 5.75. The smallest absolute Gasteiger partial charge is 0.321 e. The van der Waals surface area contributed by atoms with E-state index in [0.717, 1.165) is 18.5 Å². The molecule has 2 aromatic carbocycles. The number of carbonyl (C=O) groups is 1. The first-order chi connectivity index (χ1) is 11.3. The van der Waals surface area contributed by atoms with E-state index in [1.165, 1.54) is 0 Å². The van der Waals surface area contributed by atoms with Gasteiger partial charge in [0.25, 0.3) is 0 Å². The normalized spacial score (nSPS) is 12.0. The summed E-state index contributed by atoms with van der Waals surface area (Å²) in [5, 5.41) is 21.5. The highest BCUT2D eigenvalue weighted by molar-refractivity contribution is 14.1. The second-order valence-corrected chi connectivity index (χ2v) is 8.47. The largest absolute Gasteiger partial charge is 0.507 e. The van der Waals surface area contributed by atoms with Crippen LogP contribution < -0.4 is 10.1 Å². The number of nitrogens with one attached hydrogen (secondary N) is 1. The van der Waals surface area contributed by atoms with Crippen LogP contribution in [0.1, 0.15) is 5.56 Å². The van der Waals surface area contributed by atoms with Gasteiger partial charge in [-0.05, 0) is 117 Å². The van der Waals surface area contributed by atoms with Gasteiger partial charge in [-0.2, -0.15) is 0 Å².